The summed E-state index contributed by atoms with van der Waals surface area (Å²) in [5.74, 6) is -1.38. The topological polar surface area (TPSA) is 3.24 Å². The summed E-state index contributed by atoms with van der Waals surface area (Å²) in [6.45, 7) is 4.54. The van der Waals surface area contributed by atoms with E-state index in [0.29, 0.717) is 17.7 Å². The van der Waals surface area contributed by atoms with Gasteiger partial charge in [0.1, 0.15) is 0 Å². The Morgan fingerprint density at radius 1 is 0.537 bits per heavy atom. The van der Waals surface area contributed by atoms with Crippen molar-refractivity contribution in [2.24, 2.45) is 5.92 Å². The van der Waals surface area contributed by atoms with Crippen LogP contribution in [0.2, 0.25) is 0 Å². The van der Waals surface area contributed by atoms with Crippen molar-refractivity contribution >= 4 is 44.1 Å². The molecule has 320 valence electrons. The van der Waals surface area contributed by atoms with Crippen LogP contribution in [0.25, 0.3) is 43.8 Å². The largest absolute Gasteiger partial charge is 0.314 e. The molecule has 0 aromatic heterocycles. The molecule has 9 aromatic carbocycles. The van der Waals surface area contributed by atoms with Gasteiger partial charge in [0.2, 0.25) is 0 Å². The highest BCUT2D eigenvalue weighted by Gasteiger charge is 2.47. The van der Waals surface area contributed by atoms with Crippen LogP contribution in [-0.2, 0) is 10.8 Å². The molecule has 0 bridgehead atoms. The van der Waals surface area contributed by atoms with Gasteiger partial charge in [-0.1, -0.05) is 214 Å². The summed E-state index contributed by atoms with van der Waals surface area (Å²) in [5, 5.41) is 3.62. The van der Waals surface area contributed by atoms with Crippen molar-refractivity contribution in [2.45, 2.75) is 43.4 Å². The minimum atomic E-state index is -1.50. The Balaban J connectivity index is 1.01. The van der Waals surface area contributed by atoms with Gasteiger partial charge in [-0.2, -0.15) is 0 Å². The molecule has 0 spiro atoms. The van der Waals surface area contributed by atoms with Gasteiger partial charge in [0.05, 0.1) is 15.0 Å². The van der Waals surface area contributed by atoms with Gasteiger partial charge in [-0.3, -0.25) is 0 Å². The van der Waals surface area contributed by atoms with E-state index in [1.807, 2.05) is 77.7 Å². The molecule has 0 radical (unpaired) electrons. The summed E-state index contributed by atoms with van der Waals surface area (Å²) >= 11 is 0. The molecule has 0 amide bonds. The Labute approximate surface area is 405 Å². The second-order valence-corrected chi connectivity index (χ2v) is 18.8. The van der Waals surface area contributed by atoms with E-state index < -0.39 is 29.8 Å². The Morgan fingerprint density at radius 3 is 1.93 bits per heavy atom. The Kier molecular flexibility index (Phi) is 7.37. The molecule has 1 heteroatoms. The molecule has 4 aliphatic carbocycles. The maximum absolute atomic E-state index is 10.1. The van der Waals surface area contributed by atoms with Crippen molar-refractivity contribution in [1.82, 2.24) is 0 Å². The smallest absolute Gasteiger partial charge is 0.0714 e. The van der Waals surface area contributed by atoms with Crippen molar-refractivity contribution in [3.8, 4) is 11.1 Å². The number of fused-ring (bicyclic) bond motifs is 9. The van der Waals surface area contributed by atoms with Crippen molar-refractivity contribution in [2.75, 3.05) is 4.90 Å². The average Bonchev–Trinajstić information content (AvgIpc) is 3.95. The van der Waals surface area contributed by atoms with Crippen LogP contribution in [0.1, 0.15) is 88.1 Å². The maximum atomic E-state index is 10.1. The van der Waals surface area contributed by atoms with Crippen LogP contribution in [-0.4, -0.2) is 0 Å². The van der Waals surface area contributed by atoms with E-state index in [-0.39, 0.29) is 58.4 Å². The molecule has 0 saturated carbocycles. The summed E-state index contributed by atoms with van der Waals surface area (Å²) in [6, 6.07) is 59.8. The van der Waals surface area contributed by atoms with Gasteiger partial charge in [0.25, 0.3) is 0 Å². The van der Waals surface area contributed by atoms with Gasteiger partial charge in [-0.15, -0.1) is 0 Å². The Bertz CT molecular complexity index is 3950. The number of hydrogen-bond acceptors (Lipinski definition) is 1. The lowest BCUT2D eigenvalue weighted by Gasteiger charge is -2.37. The molecule has 9 aromatic rings. The van der Waals surface area contributed by atoms with E-state index >= 15 is 0 Å². The molecule has 3 atom stereocenters. The molecule has 13 rings (SSSR count). The first-order valence-electron chi connectivity index (χ1n) is 27.4. The monoisotopic (exact) mass is 865 g/mol. The molecular formula is C66H51N. The van der Waals surface area contributed by atoms with Gasteiger partial charge >= 0.3 is 0 Å². The van der Waals surface area contributed by atoms with E-state index in [1.54, 1.807) is 0 Å². The third-order valence-corrected chi connectivity index (χ3v) is 15.0. The van der Waals surface area contributed by atoms with Crippen LogP contribution >= 0.6 is 0 Å². The first-order valence-corrected chi connectivity index (χ1v) is 23.3. The molecule has 0 aliphatic heterocycles. The Morgan fingerprint density at radius 2 is 1.16 bits per heavy atom. The zero-order valence-electron chi connectivity index (χ0n) is 45.4. The highest BCUT2D eigenvalue weighted by Crippen LogP contribution is 2.58. The number of rotatable bonds is 7. The molecule has 4 aliphatic rings. The van der Waals surface area contributed by atoms with Gasteiger partial charge < -0.3 is 4.90 Å². The van der Waals surface area contributed by atoms with E-state index in [9.17, 15) is 11.0 Å². The maximum Gasteiger partial charge on any atom is 0.0714 e. The predicted octanol–water partition coefficient (Wildman–Crippen LogP) is 16.9. The van der Waals surface area contributed by atoms with Gasteiger partial charge in [-0.05, 0) is 149 Å². The predicted molar refractivity (Wildman–Crippen MR) is 282 cm³/mol. The lowest BCUT2D eigenvalue weighted by Crippen LogP contribution is -2.30. The molecule has 0 N–H and O–H groups in total. The highest BCUT2D eigenvalue weighted by molar-refractivity contribution is 6.12. The summed E-state index contributed by atoms with van der Waals surface area (Å²) in [4.78, 5) is 1.92. The van der Waals surface area contributed by atoms with Gasteiger partial charge in [0.15, 0.2) is 0 Å². The fourth-order valence-corrected chi connectivity index (χ4v) is 11.8. The van der Waals surface area contributed by atoms with Crippen LogP contribution in [0.4, 0.5) is 11.4 Å². The SMILES string of the molecule is [2H]C1=C([2H])C(c2c([2H])c([2H])c(N(C3=CC=C4c5ccccc5C(C)(C)C4C3)c3ccc4c(c3)C(c3ccccc3)(c3ccccc3)c3ccccc3-4)c([2H])c2[2H])C([2H])C([2H])=C1c1cc2ccccc2c2ccccc12. The van der Waals surface area contributed by atoms with E-state index in [0.717, 1.165) is 60.6 Å². The van der Waals surface area contributed by atoms with Crippen molar-refractivity contribution in [3.63, 3.8) is 0 Å². The lowest BCUT2D eigenvalue weighted by atomic mass is 9.67. The van der Waals surface area contributed by atoms with E-state index in [2.05, 4.69) is 135 Å². The van der Waals surface area contributed by atoms with Gasteiger partial charge in [-0.25, -0.2) is 0 Å². The number of hydrogen-bond donors (Lipinski definition) is 0. The van der Waals surface area contributed by atoms with Crippen LogP contribution in [0.5, 0.6) is 0 Å². The van der Waals surface area contributed by atoms with Gasteiger partial charge in [0, 0.05) is 24.4 Å². The number of benzene rings is 9. The molecule has 0 saturated heterocycles. The molecule has 0 fully saturated rings. The zero-order valence-corrected chi connectivity index (χ0v) is 37.4. The minimum Gasteiger partial charge on any atom is -0.314 e. The van der Waals surface area contributed by atoms with Crippen molar-refractivity contribution in [1.29, 1.82) is 0 Å². The molecular weight excluding hydrogens is 807 g/mol. The minimum absolute atomic E-state index is 0.0337. The van der Waals surface area contributed by atoms with E-state index in [4.69, 9.17) is 0 Å². The first kappa shape index (κ1) is 32.0. The summed E-state index contributed by atoms with van der Waals surface area (Å²) in [5.41, 5.74) is 11.2. The average molecular weight is 866 g/mol. The summed E-state index contributed by atoms with van der Waals surface area (Å²) in [7, 11) is 0. The Hall–Kier alpha value is -7.74. The molecule has 0 heterocycles. The molecule has 67 heavy (non-hydrogen) atoms. The van der Waals surface area contributed by atoms with Crippen LogP contribution in [0.3, 0.4) is 0 Å². The molecule has 1 nitrogen and oxygen atoms in total. The quantitative estimate of drug-likeness (QED) is 0.144. The number of allylic oxidation sites excluding steroid dienone is 8. The summed E-state index contributed by atoms with van der Waals surface area (Å²) < 4.78 is 78.4. The second-order valence-electron chi connectivity index (χ2n) is 18.8. The second kappa shape index (κ2) is 15.4. The normalized spacial score (nSPS) is 21.6. The van der Waals surface area contributed by atoms with E-state index in [1.165, 1.54) is 16.7 Å². The van der Waals surface area contributed by atoms with Crippen LogP contribution in [0.15, 0.2) is 242 Å². The fourth-order valence-electron chi connectivity index (χ4n) is 11.8. The first-order chi connectivity index (χ1) is 36.3. The third-order valence-electron chi connectivity index (χ3n) is 15.0. The standard InChI is InChI=1S/C66H51N/c1-65(2)61-27-15-13-25-56(61)58-39-37-51(42-63(58)65)67(52-38-40-59-57-26-14-16-28-62(57)66(64(59)43-52,48-18-5-3-6-19-48)49-20-7-4-8-21-49)50-35-33-45(34-36-50)44-29-31-46(32-30-44)60-41-47-17-9-10-22-53(47)54-23-11-12-24-55(54)60/h3-29,31-41,43-44,63H,30,42H2,1-2H3/i29D,30D,31D,32D,33D,34D,35D,36D. The van der Waals surface area contributed by atoms with Crippen molar-refractivity contribution in [3.05, 3.63) is 287 Å². The van der Waals surface area contributed by atoms with Crippen LogP contribution in [0, 0.1) is 5.92 Å². The molecule has 3 unspecified atom stereocenters. The fraction of sp³-hybridized carbons (Fsp3) is 0.121. The number of anilines is 2. The number of nitrogens with zero attached hydrogens (tertiary/aromatic N) is 1. The lowest BCUT2D eigenvalue weighted by molar-refractivity contribution is 0.406. The third kappa shape index (κ3) is 6.07. The highest BCUT2D eigenvalue weighted by atomic mass is 15.1. The van der Waals surface area contributed by atoms with Crippen LogP contribution < -0.4 is 4.90 Å². The summed E-state index contributed by atoms with van der Waals surface area (Å²) in [6.07, 6.45) is 3.27. The zero-order chi connectivity index (χ0) is 51.7. The van der Waals surface area contributed by atoms with Crippen molar-refractivity contribution < 1.29 is 11.0 Å².